The molecule has 0 spiro atoms. The normalized spacial score (nSPS) is 16.5. The minimum atomic E-state index is -0.726. The minimum absolute atomic E-state index is 0.655. The first-order valence-corrected chi connectivity index (χ1v) is 5.97. The van der Waals surface area contributed by atoms with Crippen molar-refractivity contribution in [1.29, 1.82) is 0 Å². The van der Waals surface area contributed by atoms with E-state index in [9.17, 15) is 9.90 Å². The second kappa shape index (κ2) is 3.70. The van der Waals surface area contributed by atoms with Crippen LogP contribution in [0.5, 0.6) is 0 Å². The highest BCUT2D eigenvalue weighted by Gasteiger charge is 2.51. The Hall–Kier alpha value is -2.10. The molecule has 2 aromatic rings. The Morgan fingerprint density at radius 3 is 2.78 bits per heavy atom. The van der Waals surface area contributed by atoms with Crippen molar-refractivity contribution in [3.63, 3.8) is 0 Å². The Morgan fingerprint density at radius 2 is 2.22 bits per heavy atom. The number of nitrogens with zero attached hydrogens (tertiary/aromatic N) is 2. The molecule has 1 aromatic carbocycles. The van der Waals surface area contributed by atoms with Crippen molar-refractivity contribution in [1.82, 2.24) is 9.78 Å². The molecule has 0 aliphatic heterocycles. The predicted octanol–water partition coefficient (Wildman–Crippen LogP) is 2.30. The van der Waals surface area contributed by atoms with Crippen LogP contribution in [0.3, 0.4) is 0 Å². The molecule has 92 valence electrons. The van der Waals surface area contributed by atoms with E-state index >= 15 is 0 Å². The van der Waals surface area contributed by atoms with Gasteiger partial charge in [0.1, 0.15) is 0 Å². The lowest BCUT2D eigenvalue weighted by molar-refractivity contribution is -0.140. The molecule has 4 heteroatoms. The molecule has 1 N–H and O–H groups in total. The summed E-state index contributed by atoms with van der Waals surface area (Å²) >= 11 is 0. The van der Waals surface area contributed by atoms with Gasteiger partial charge in [-0.1, -0.05) is 12.1 Å². The summed E-state index contributed by atoms with van der Waals surface area (Å²) in [5.41, 5.74) is 2.21. The van der Waals surface area contributed by atoms with E-state index < -0.39 is 11.4 Å². The number of hydrogen-bond acceptors (Lipinski definition) is 2. The lowest BCUT2D eigenvalue weighted by Crippen LogP contribution is -2.19. The van der Waals surface area contributed by atoms with Crippen molar-refractivity contribution in [2.24, 2.45) is 0 Å². The smallest absolute Gasteiger partial charge is 0.314 e. The zero-order chi connectivity index (χ0) is 12.8. The molecule has 0 amide bonds. The quantitative estimate of drug-likeness (QED) is 0.898. The van der Waals surface area contributed by atoms with Crippen molar-refractivity contribution in [2.75, 3.05) is 0 Å². The van der Waals surface area contributed by atoms with Crippen molar-refractivity contribution in [3.05, 3.63) is 47.8 Å². The Balaban J connectivity index is 2.02. The van der Waals surface area contributed by atoms with Crippen molar-refractivity contribution in [2.45, 2.75) is 25.2 Å². The van der Waals surface area contributed by atoms with Crippen LogP contribution >= 0.6 is 0 Å². The zero-order valence-electron chi connectivity index (χ0n) is 10.1. The molecule has 1 aliphatic carbocycles. The molecule has 1 aliphatic rings. The van der Waals surface area contributed by atoms with Gasteiger partial charge in [-0.05, 0) is 43.0 Å². The molecule has 0 radical (unpaired) electrons. The molecular formula is C14H14N2O2. The van der Waals surface area contributed by atoms with Gasteiger partial charge in [-0.3, -0.25) is 4.79 Å². The van der Waals surface area contributed by atoms with Gasteiger partial charge in [0.2, 0.25) is 0 Å². The monoisotopic (exact) mass is 242 g/mol. The van der Waals surface area contributed by atoms with Gasteiger partial charge >= 0.3 is 5.97 Å². The maximum absolute atomic E-state index is 11.3. The Labute approximate surface area is 105 Å². The first-order chi connectivity index (χ1) is 8.62. The predicted molar refractivity (Wildman–Crippen MR) is 66.8 cm³/mol. The molecule has 3 rings (SSSR count). The number of hydrogen-bond donors (Lipinski definition) is 1. The van der Waals surface area contributed by atoms with Gasteiger partial charge in [0.25, 0.3) is 0 Å². The third-order valence-electron chi connectivity index (χ3n) is 3.53. The van der Waals surface area contributed by atoms with E-state index in [1.807, 2.05) is 37.4 Å². The van der Waals surface area contributed by atoms with Crippen LogP contribution in [0.1, 0.15) is 24.0 Å². The van der Waals surface area contributed by atoms with Crippen LogP contribution in [0.15, 0.2) is 36.7 Å². The van der Waals surface area contributed by atoms with Crippen LogP contribution in [0.2, 0.25) is 0 Å². The molecule has 0 unspecified atom stereocenters. The fourth-order valence-electron chi connectivity index (χ4n) is 2.25. The van der Waals surface area contributed by atoms with Gasteiger partial charge in [-0.15, -0.1) is 0 Å². The standard InChI is InChI=1S/C14H14N2O2/c1-10-8-15-16(9-10)12-4-2-3-11(7-12)14(5-6-14)13(17)18/h2-4,7-9H,5-6H2,1H3,(H,17,18). The molecule has 0 atom stereocenters. The summed E-state index contributed by atoms with van der Waals surface area (Å²) in [6.07, 6.45) is 5.17. The molecule has 1 fully saturated rings. The Morgan fingerprint density at radius 1 is 1.44 bits per heavy atom. The SMILES string of the molecule is Cc1cnn(-c2cccc(C3(C(=O)O)CC3)c2)c1. The number of rotatable bonds is 3. The summed E-state index contributed by atoms with van der Waals surface area (Å²) in [6.45, 7) is 1.98. The second-order valence-electron chi connectivity index (χ2n) is 4.90. The number of aromatic nitrogens is 2. The average Bonchev–Trinajstić information content (AvgIpc) is 3.07. The van der Waals surface area contributed by atoms with E-state index in [1.165, 1.54) is 0 Å². The summed E-state index contributed by atoms with van der Waals surface area (Å²) in [7, 11) is 0. The highest BCUT2D eigenvalue weighted by atomic mass is 16.4. The maximum atomic E-state index is 11.3. The molecule has 1 aromatic heterocycles. The summed E-state index contributed by atoms with van der Waals surface area (Å²) < 4.78 is 1.77. The minimum Gasteiger partial charge on any atom is -0.481 e. The van der Waals surface area contributed by atoms with Crippen LogP contribution in [0, 0.1) is 6.92 Å². The Bertz CT molecular complexity index is 612. The largest absolute Gasteiger partial charge is 0.481 e. The molecule has 0 saturated heterocycles. The van der Waals surface area contributed by atoms with E-state index in [4.69, 9.17) is 0 Å². The average molecular weight is 242 g/mol. The van der Waals surface area contributed by atoms with Crippen molar-refractivity contribution >= 4 is 5.97 Å². The van der Waals surface area contributed by atoms with Crippen LogP contribution in [0.25, 0.3) is 5.69 Å². The van der Waals surface area contributed by atoms with E-state index in [2.05, 4.69) is 5.10 Å². The third-order valence-corrected chi connectivity index (χ3v) is 3.53. The van der Waals surface area contributed by atoms with Crippen LogP contribution < -0.4 is 0 Å². The van der Waals surface area contributed by atoms with E-state index in [1.54, 1.807) is 10.9 Å². The number of benzene rings is 1. The van der Waals surface area contributed by atoms with Crippen molar-refractivity contribution < 1.29 is 9.90 Å². The van der Waals surface area contributed by atoms with Gasteiger partial charge < -0.3 is 5.11 Å². The molecule has 1 heterocycles. The van der Waals surface area contributed by atoms with Gasteiger partial charge in [-0.2, -0.15) is 5.10 Å². The first-order valence-electron chi connectivity index (χ1n) is 5.97. The molecule has 1 saturated carbocycles. The van der Waals surface area contributed by atoms with Crippen LogP contribution in [0.4, 0.5) is 0 Å². The molecule has 18 heavy (non-hydrogen) atoms. The fourth-order valence-corrected chi connectivity index (χ4v) is 2.25. The number of aliphatic carboxylic acids is 1. The topological polar surface area (TPSA) is 55.1 Å². The lowest BCUT2D eigenvalue weighted by atomic mass is 9.96. The van der Waals surface area contributed by atoms with Gasteiger partial charge in [-0.25, -0.2) is 4.68 Å². The highest BCUT2D eigenvalue weighted by Crippen LogP contribution is 2.48. The summed E-state index contributed by atoms with van der Waals surface area (Å²) in [5, 5.41) is 13.5. The van der Waals surface area contributed by atoms with E-state index in [-0.39, 0.29) is 0 Å². The summed E-state index contributed by atoms with van der Waals surface area (Å²) in [6, 6.07) is 7.65. The molecule has 4 nitrogen and oxygen atoms in total. The first kappa shape index (κ1) is 11.0. The zero-order valence-corrected chi connectivity index (χ0v) is 10.1. The fraction of sp³-hybridized carbons (Fsp3) is 0.286. The van der Waals surface area contributed by atoms with Crippen molar-refractivity contribution in [3.8, 4) is 5.69 Å². The van der Waals surface area contributed by atoms with Crippen LogP contribution in [-0.4, -0.2) is 20.9 Å². The van der Waals surface area contributed by atoms with Gasteiger partial charge in [0.05, 0.1) is 17.3 Å². The van der Waals surface area contributed by atoms with Crippen LogP contribution in [-0.2, 0) is 10.2 Å². The second-order valence-corrected chi connectivity index (χ2v) is 4.90. The van der Waals surface area contributed by atoms with E-state index in [0.29, 0.717) is 0 Å². The summed E-state index contributed by atoms with van der Waals surface area (Å²) in [5.74, 6) is -0.726. The molecule has 0 bridgehead atoms. The number of carboxylic acids is 1. The van der Waals surface area contributed by atoms with E-state index in [0.717, 1.165) is 29.7 Å². The highest BCUT2D eigenvalue weighted by molar-refractivity contribution is 5.85. The Kier molecular flexibility index (Phi) is 2.26. The van der Waals surface area contributed by atoms with Gasteiger partial charge in [0, 0.05) is 6.20 Å². The molecular weight excluding hydrogens is 228 g/mol. The third kappa shape index (κ3) is 1.61. The lowest BCUT2D eigenvalue weighted by Gasteiger charge is -2.11. The number of aryl methyl sites for hydroxylation is 1. The number of carbonyl (C=O) groups is 1. The number of carboxylic acid groups (broad SMARTS) is 1. The van der Waals surface area contributed by atoms with Gasteiger partial charge in [0.15, 0.2) is 0 Å². The summed E-state index contributed by atoms with van der Waals surface area (Å²) in [4.78, 5) is 11.3. The maximum Gasteiger partial charge on any atom is 0.314 e.